The summed E-state index contributed by atoms with van der Waals surface area (Å²) in [6, 6.07) is -4.50. The molecular formula is C15H20F9N5OS2. The maximum absolute atomic E-state index is 14.2. The van der Waals surface area contributed by atoms with Crippen molar-refractivity contribution in [1.29, 1.82) is 0 Å². The summed E-state index contributed by atoms with van der Waals surface area (Å²) >= 11 is 0. The van der Waals surface area contributed by atoms with E-state index in [1.165, 1.54) is 0 Å². The molecule has 3 N–H and O–H groups in total. The monoisotopic (exact) mass is 521 g/mol. The predicted molar refractivity (Wildman–Crippen MR) is 107 cm³/mol. The lowest BCUT2D eigenvalue weighted by Crippen LogP contribution is -2.38. The Hall–Kier alpha value is -1.62. The molecule has 1 aliphatic rings. The summed E-state index contributed by atoms with van der Waals surface area (Å²) in [5, 5.41) is 13.0. The van der Waals surface area contributed by atoms with Gasteiger partial charge in [-0.3, -0.25) is 0 Å². The number of hydrogen-bond acceptors (Lipinski definition) is 6. The lowest BCUT2D eigenvalue weighted by molar-refractivity contribution is -0.139. The van der Waals surface area contributed by atoms with E-state index in [-0.39, 0.29) is 27.0 Å². The second-order valence-electron chi connectivity index (χ2n) is 6.61. The molecule has 1 aliphatic carbocycles. The van der Waals surface area contributed by atoms with Crippen molar-refractivity contribution in [2.24, 2.45) is 0 Å². The fourth-order valence-corrected chi connectivity index (χ4v) is 2.31. The standard InChI is InChI=1S/C15H16F9N5O.2H2S/c1-5(14(19,20)21)25-11-27-10(7-3-4-13(17,18)9(30)8(7)16)28-12(29-11)26-6(2)15(22,23)24;;/h5-6,9,30H,3-4H2,1-2H3,(H2,25,26,27,28,29);2*1H2/t5-,6?,9?;;/m0../s1. The molecule has 0 fully saturated rings. The molecule has 2 unspecified atom stereocenters. The number of aliphatic hydroxyl groups excluding tert-OH is 1. The second-order valence-corrected chi connectivity index (χ2v) is 6.61. The van der Waals surface area contributed by atoms with E-state index in [9.17, 15) is 44.6 Å². The van der Waals surface area contributed by atoms with E-state index in [4.69, 9.17) is 0 Å². The van der Waals surface area contributed by atoms with Gasteiger partial charge in [-0.05, 0) is 20.3 Å². The summed E-state index contributed by atoms with van der Waals surface area (Å²) in [4.78, 5) is 10.4. The minimum Gasteiger partial charge on any atom is -0.380 e. The molecule has 0 saturated carbocycles. The molecule has 0 radical (unpaired) electrons. The van der Waals surface area contributed by atoms with Gasteiger partial charge in [-0.1, -0.05) is 0 Å². The number of nitrogens with one attached hydrogen (secondary N) is 2. The molecular weight excluding hydrogens is 501 g/mol. The summed E-state index contributed by atoms with van der Waals surface area (Å²) in [5.41, 5.74) is -0.679. The Morgan fingerprint density at radius 3 is 1.69 bits per heavy atom. The van der Waals surface area contributed by atoms with Gasteiger partial charge in [0.15, 0.2) is 11.9 Å². The zero-order chi connectivity index (χ0) is 23.1. The van der Waals surface area contributed by atoms with Crippen LogP contribution >= 0.6 is 27.0 Å². The molecule has 3 atom stereocenters. The van der Waals surface area contributed by atoms with Crippen molar-refractivity contribution in [3.63, 3.8) is 0 Å². The van der Waals surface area contributed by atoms with Gasteiger partial charge < -0.3 is 15.7 Å². The molecule has 0 aliphatic heterocycles. The van der Waals surface area contributed by atoms with Crippen LogP contribution in [0.4, 0.5) is 51.4 Å². The van der Waals surface area contributed by atoms with Crippen LogP contribution in [0.25, 0.3) is 5.57 Å². The molecule has 1 heterocycles. The lowest BCUT2D eigenvalue weighted by atomic mass is 9.92. The first-order chi connectivity index (χ1) is 13.5. The zero-order valence-electron chi connectivity index (χ0n) is 16.3. The Kier molecular flexibility index (Phi) is 10.0. The van der Waals surface area contributed by atoms with Crippen molar-refractivity contribution >= 4 is 44.5 Å². The SMILES string of the molecule is CC(Nc1nc(N[C@@H](C)C(F)(F)F)nc(C2=C(F)C(O)C(F)(F)CC2)n1)C(F)(F)F.S.S. The molecule has 1 aromatic heterocycles. The third-order valence-corrected chi connectivity index (χ3v) is 4.22. The van der Waals surface area contributed by atoms with Gasteiger partial charge >= 0.3 is 12.4 Å². The van der Waals surface area contributed by atoms with Gasteiger partial charge in [0.1, 0.15) is 17.9 Å². The van der Waals surface area contributed by atoms with E-state index in [0.29, 0.717) is 13.8 Å². The predicted octanol–water partition coefficient (Wildman–Crippen LogP) is 4.29. The number of alkyl halides is 8. The number of hydrogen-bond donors (Lipinski definition) is 3. The Morgan fingerprint density at radius 2 is 1.31 bits per heavy atom. The van der Waals surface area contributed by atoms with Crippen molar-refractivity contribution in [3.05, 3.63) is 11.7 Å². The number of aliphatic hydroxyl groups is 1. The topological polar surface area (TPSA) is 83.0 Å². The third-order valence-electron chi connectivity index (χ3n) is 4.22. The van der Waals surface area contributed by atoms with Gasteiger partial charge in [0.2, 0.25) is 11.9 Å². The number of aromatic nitrogens is 3. The molecule has 0 spiro atoms. The van der Waals surface area contributed by atoms with E-state index in [1.807, 2.05) is 0 Å². The Bertz CT molecular complexity index is 779. The first-order valence-corrected chi connectivity index (χ1v) is 8.39. The first kappa shape index (κ1) is 30.4. The first-order valence-electron chi connectivity index (χ1n) is 8.39. The molecule has 32 heavy (non-hydrogen) atoms. The highest BCUT2D eigenvalue weighted by Crippen LogP contribution is 2.41. The van der Waals surface area contributed by atoms with E-state index in [1.54, 1.807) is 10.6 Å². The minimum absolute atomic E-state index is 0. The molecule has 0 saturated heterocycles. The lowest BCUT2D eigenvalue weighted by Gasteiger charge is -2.28. The third kappa shape index (κ3) is 7.19. The Labute approximate surface area is 190 Å². The molecule has 1 aromatic rings. The van der Waals surface area contributed by atoms with Gasteiger partial charge in [0.05, 0.1) is 0 Å². The van der Waals surface area contributed by atoms with Crippen molar-refractivity contribution in [2.75, 3.05) is 10.6 Å². The average molecular weight is 521 g/mol. The molecule has 6 nitrogen and oxygen atoms in total. The minimum atomic E-state index is -4.78. The number of anilines is 2. The van der Waals surface area contributed by atoms with Crippen LogP contribution in [-0.4, -0.2) is 56.5 Å². The maximum Gasteiger partial charge on any atom is 0.408 e. The van der Waals surface area contributed by atoms with E-state index < -0.39 is 78.4 Å². The molecule has 186 valence electrons. The smallest absolute Gasteiger partial charge is 0.380 e. The number of nitrogens with zero attached hydrogens (tertiary/aromatic N) is 3. The van der Waals surface area contributed by atoms with E-state index in [2.05, 4.69) is 15.0 Å². The fourth-order valence-electron chi connectivity index (χ4n) is 2.31. The van der Waals surface area contributed by atoms with Crippen LogP contribution in [0, 0.1) is 0 Å². The van der Waals surface area contributed by atoms with Crippen LogP contribution in [0.1, 0.15) is 32.5 Å². The van der Waals surface area contributed by atoms with Crippen molar-refractivity contribution in [1.82, 2.24) is 15.0 Å². The van der Waals surface area contributed by atoms with Gasteiger partial charge in [-0.15, -0.1) is 0 Å². The van der Waals surface area contributed by atoms with Crippen molar-refractivity contribution < 1.29 is 44.6 Å². The highest BCUT2D eigenvalue weighted by molar-refractivity contribution is 7.59. The molecule has 0 amide bonds. The Morgan fingerprint density at radius 1 is 0.906 bits per heavy atom. The van der Waals surface area contributed by atoms with Crippen LogP contribution in [0.3, 0.4) is 0 Å². The van der Waals surface area contributed by atoms with Crippen LogP contribution in [-0.2, 0) is 0 Å². The summed E-state index contributed by atoms with van der Waals surface area (Å²) in [6.07, 6.45) is -14.2. The van der Waals surface area contributed by atoms with Crippen molar-refractivity contribution in [2.45, 2.75) is 63.2 Å². The fraction of sp³-hybridized carbons (Fsp3) is 0.667. The maximum atomic E-state index is 14.2. The van der Waals surface area contributed by atoms with Gasteiger partial charge in [-0.2, -0.15) is 68.3 Å². The summed E-state index contributed by atoms with van der Waals surface area (Å²) < 4.78 is 118. The average Bonchev–Trinajstić information content (AvgIpc) is 2.58. The number of halogens is 9. The van der Waals surface area contributed by atoms with E-state index >= 15 is 0 Å². The second kappa shape index (κ2) is 10.5. The normalized spacial score (nSPS) is 20.6. The van der Waals surface area contributed by atoms with Crippen LogP contribution in [0.5, 0.6) is 0 Å². The van der Waals surface area contributed by atoms with Gasteiger partial charge in [0, 0.05) is 12.0 Å². The highest BCUT2D eigenvalue weighted by atomic mass is 32.1. The molecule has 0 aromatic carbocycles. The number of rotatable bonds is 5. The quantitative estimate of drug-likeness (QED) is 0.502. The molecule has 17 heteroatoms. The van der Waals surface area contributed by atoms with Crippen LogP contribution in [0.15, 0.2) is 5.83 Å². The highest BCUT2D eigenvalue weighted by Gasteiger charge is 2.46. The largest absolute Gasteiger partial charge is 0.408 e. The number of allylic oxidation sites excluding steroid dienone is 1. The van der Waals surface area contributed by atoms with Crippen LogP contribution in [0.2, 0.25) is 0 Å². The Balaban J connectivity index is 0.00000480. The van der Waals surface area contributed by atoms with Crippen LogP contribution < -0.4 is 10.6 Å². The summed E-state index contributed by atoms with van der Waals surface area (Å²) in [7, 11) is 0. The van der Waals surface area contributed by atoms with Crippen molar-refractivity contribution in [3.8, 4) is 0 Å². The van der Waals surface area contributed by atoms with Gasteiger partial charge in [0.25, 0.3) is 5.92 Å². The van der Waals surface area contributed by atoms with Gasteiger partial charge in [-0.25, -0.2) is 13.2 Å². The summed E-state index contributed by atoms with van der Waals surface area (Å²) in [5.74, 6) is -8.06. The zero-order valence-corrected chi connectivity index (χ0v) is 18.3. The summed E-state index contributed by atoms with van der Waals surface area (Å²) in [6.45, 7) is 1.33. The molecule has 0 bridgehead atoms. The molecule has 2 rings (SSSR count). The van der Waals surface area contributed by atoms with E-state index in [0.717, 1.165) is 0 Å².